The molecule has 0 aliphatic carbocycles. The molecule has 0 atom stereocenters. The molecule has 17 heavy (non-hydrogen) atoms. The van der Waals surface area contributed by atoms with Gasteiger partial charge in [-0.3, -0.25) is 4.79 Å². The SMILES string of the molecule is CC(C)(C)OC(=O)C(=O)NCCc1ccc[nH]1. The van der Waals surface area contributed by atoms with Gasteiger partial charge in [-0.05, 0) is 32.9 Å². The van der Waals surface area contributed by atoms with Gasteiger partial charge in [-0.1, -0.05) is 0 Å². The van der Waals surface area contributed by atoms with Crippen molar-refractivity contribution in [1.82, 2.24) is 10.3 Å². The second-order valence-electron chi connectivity index (χ2n) is 4.70. The molecule has 5 nitrogen and oxygen atoms in total. The van der Waals surface area contributed by atoms with Crippen LogP contribution in [0.1, 0.15) is 26.5 Å². The summed E-state index contributed by atoms with van der Waals surface area (Å²) in [5.74, 6) is -1.55. The van der Waals surface area contributed by atoms with Gasteiger partial charge in [-0.25, -0.2) is 4.79 Å². The van der Waals surface area contributed by atoms with Gasteiger partial charge < -0.3 is 15.0 Å². The molecule has 0 unspecified atom stereocenters. The molecule has 0 aliphatic rings. The van der Waals surface area contributed by atoms with E-state index in [2.05, 4.69) is 10.3 Å². The maximum atomic E-state index is 11.4. The monoisotopic (exact) mass is 238 g/mol. The number of nitrogens with one attached hydrogen (secondary N) is 2. The Morgan fingerprint density at radius 3 is 2.65 bits per heavy atom. The molecule has 94 valence electrons. The summed E-state index contributed by atoms with van der Waals surface area (Å²) < 4.78 is 4.93. The summed E-state index contributed by atoms with van der Waals surface area (Å²) in [4.78, 5) is 25.7. The smallest absolute Gasteiger partial charge is 0.397 e. The highest BCUT2D eigenvalue weighted by Gasteiger charge is 2.22. The molecule has 0 aromatic carbocycles. The summed E-state index contributed by atoms with van der Waals surface area (Å²) in [6, 6.07) is 3.80. The minimum atomic E-state index is -0.844. The Labute approximate surface area is 101 Å². The van der Waals surface area contributed by atoms with Gasteiger partial charge in [0.15, 0.2) is 0 Å². The van der Waals surface area contributed by atoms with Crippen LogP contribution in [0.3, 0.4) is 0 Å². The molecule has 0 fully saturated rings. The molecule has 2 N–H and O–H groups in total. The van der Waals surface area contributed by atoms with Crippen molar-refractivity contribution in [2.24, 2.45) is 0 Å². The third-order valence-corrected chi connectivity index (χ3v) is 1.93. The Hall–Kier alpha value is -1.78. The fourth-order valence-electron chi connectivity index (χ4n) is 1.23. The maximum absolute atomic E-state index is 11.4. The number of hydrogen-bond acceptors (Lipinski definition) is 3. The fraction of sp³-hybridized carbons (Fsp3) is 0.500. The number of hydrogen-bond donors (Lipinski definition) is 2. The van der Waals surface area contributed by atoms with Crippen LogP contribution in [0.25, 0.3) is 0 Å². The molecule has 0 spiro atoms. The molecule has 1 rings (SSSR count). The van der Waals surface area contributed by atoms with E-state index in [-0.39, 0.29) is 0 Å². The molecule has 0 aliphatic heterocycles. The van der Waals surface area contributed by atoms with E-state index >= 15 is 0 Å². The van der Waals surface area contributed by atoms with Gasteiger partial charge in [-0.2, -0.15) is 0 Å². The fourth-order valence-corrected chi connectivity index (χ4v) is 1.23. The molecule has 1 aromatic rings. The number of aromatic nitrogens is 1. The molecule has 0 radical (unpaired) electrons. The number of esters is 1. The van der Waals surface area contributed by atoms with Crippen LogP contribution in [0.2, 0.25) is 0 Å². The summed E-state index contributed by atoms with van der Waals surface area (Å²) in [5.41, 5.74) is 0.364. The second kappa shape index (κ2) is 5.52. The number of aromatic amines is 1. The zero-order valence-electron chi connectivity index (χ0n) is 10.4. The largest absolute Gasteiger partial charge is 0.453 e. The Morgan fingerprint density at radius 2 is 2.12 bits per heavy atom. The first kappa shape index (κ1) is 13.3. The van der Waals surface area contributed by atoms with E-state index in [4.69, 9.17) is 4.74 Å². The van der Waals surface area contributed by atoms with Crippen molar-refractivity contribution in [3.8, 4) is 0 Å². The van der Waals surface area contributed by atoms with Gasteiger partial charge in [0, 0.05) is 24.9 Å². The van der Waals surface area contributed by atoms with Crippen LogP contribution in [0, 0.1) is 0 Å². The standard InChI is InChI=1S/C12H18N2O3/c1-12(2,3)17-11(16)10(15)14-8-6-9-5-4-7-13-9/h4-5,7,13H,6,8H2,1-3H3,(H,14,15). The lowest BCUT2D eigenvalue weighted by atomic mass is 10.2. The lowest BCUT2D eigenvalue weighted by molar-refractivity contribution is -0.163. The van der Waals surface area contributed by atoms with Gasteiger partial charge in [0.1, 0.15) is 5.60 Å². The highest BCUT2D eigenvalue weighted by molar-refractivity contribution is 6.32. The zero-order chi connectivity index (χ0) is 12.9. The minimum Gasteiger partial charge on any atom is -0.453 e. The minimum absolute atomic E-state index is 0.401. The summed E-state index contributed by atoms with van der Waals surface area (Å²) in [5, 5.41) is 2.51. The summed E-state index contributed by atoms with van der Waals surface area (Å²) >= 11 is 0. The lowest BCUT2D eigenvalue weighted by Gasteiger charge is -2.18. The first-order valence-corrected chi connectivity index (χ1v) is 5.52. The molecular formula is C12H18N2O3. The van der Waals surface area contributed by atoms with E-state index in [0.717, 1.165) is 5.69 Å². The van der Waals surface area contributed by atoms with E-state index in [1.807, 2.05) is 18.3 Å². The highest BCUT2D eigenvalue weighted by Crippen LogP contribution is 2.06. The van der Waals surface area contributed by atoms with Crippen molar-refractivity contribution in [2.45, 2.75) is 32.8 Å². The summed E-state index contributed by atoms with van der Waals surface area (Å²) in [6.45, 7) is 5.56. The number of H-pyrrole nitrogens is 1. The predicted molar refractivity (Wildman–Crippen MR) is 63.4 cm³/mol. The van der Waals surface area contributed by atoms with Crippen molar-refractivity contribution in [2.75, 3.05) is 6.54 Å². The first-order chi connectivity index (χ1) is 7.88. The molecular weight excluding hydrogens is 220 g/mol. The second-order valence-corrected chi connectivity index (χ2v) is 4.70. The van der Waals surface area contributed by atoms with Crippen LogP contribution >= 0.6 is 0 Å². The van der Waals surface area contributed by atoms with Crippen LogP contribution in [-0.4, -0.2) is 29.0 Å². The molecule has 1 amide bonds. The highest BCUT2D eigenvalue weighted by atomic mass is 16.6. The zero-order valence-corrected chi connectivity index (χ0v) is 10.4. The lowest BCUT2D eigenvalue weighted by Crippen LogP contribution is -2.37. The summed E-state index contributed by atoms with van der Waals surface area (Å²) in [6.07, 6.45) is 2.46. The average molecular weight is 238 g/mol. The van der Waals surface area contributed by atoms with Crippen molar-refractivity contribution >= 4 is 11.9 Å². The number of carbonyl (C=O) groups is 2. The molecule has 0 saturated heterocycles. The van der Waals surface area contributed by atoms with Crippen LogP contribution in [0.5, 0.6) is 0 Å². The van der Waals surface area contributed by atoms with Crippen LogP contribution in [-0.2, 0) is 20.7 Å². The Kier molecular flexibility index (Phi) is 4.31. The molecule has 0 bridgehead atoms. The Balaban J connectivity index is 2.27. The predicted octanol–water partition coefficient (Wildman–Crippen LogP) is 1.02. The number of carbonyl (C=O) groups excluding carboxylic acids is 2. The van der Waals surface area contributed by atoms with Crippen LogP contribution in [0.4, 0.5) is 0 Å². The van der Waals surface area contributed by atoms with Crippen molar-refractivity contribution in [3.63, 3.8) is 0 Å². The third-order valence-electron chi connectivity index (χ3n) is 1.93. The topological polar surface area (TPSA) is 71.2 Å². The average Bonchev–Trinajstić information content (AvgIpc) is 2.67. The number of ether oxygens (including phenoxy) is 1. The normalized spacial score (nSPS) is 11.0. The Bertz CT molecular complexity index is 377. The summed E-state index contributed by atoms with van der Waals surface area (Å²) in [7, 11) is 0. The van der Waals surface area contributed by atoms with Crippen molar-refractivity contribution in [1.29, 1.82) is 0 Å². The van der Waals surface area contributed by atoms with Gasteiger partial charge >= 0.3 is 11.9 Å². The third kappa shape index (κ3) is 5.19. The van der Waals surface area contributed by atoms with Gasteiger partial charge in [0.2, 0.25) is 0 Å². The first-order valence-electron chi connectivity index (χ1n) is 5.52. The maximum Gasteiger partial charge on any atom is 0.397 e. The van der Waals surface area contributed by atoms with E-state index in [9.17, 15) is 9.59 Å². The van der Waals surface area contributed by atoms with E-state index < -0.39 is 17.5 Å². The van der Waals surface area contributed by atoms with E-state index in [0.29, 0.717) is 13.0 Å². The molecule has 5 heteroatoms. The quantitative estimate of drug-likeness (QED) is 0.610. The van der Waals surface area contributed by atoms with Gasteiger partial charge in [0.05, 0.1) is 0 Å². The Morgan fingerprint density at radius 1 is 1.41 bits per heavy atom. The van der Waals surface area contributed by atoms with Gasteiger partial charge in [-0.15, -0.1) is 0 Å². The molecule has 1 aromatic heterocycles. The van der Waals surface area contributed by atoms with Crippen LogP contribution in [0.15, 0.2) is 18.3 Å². The van der Waals surface area contributed by atoms with Gasteiger partial charge in [0.25, 0.3) is 0 Å². The van der Waals surface area contributed by atoms with E-state index in [1.165, 1.54) is 0 Å². The molecule has 1 heterocycles. The van der Waals surface area contributed by atoms with Crippen LogP contribution < -0.4 is 5.32 Å². The number of amides is 1. The van der Waals surface area contributed by atoms with E-state index in [1.54, 1.807) is 20.8 Å². The van der Waals surface area contributed by atoms with Crippen molar-refractivity contribution < 1.29 is 14.3 Å². The van der Waals surface area contributed by atoms with Crippen molar-refractivity contribution in [3.05, 3.63) is 24.0 Å². The molecule has 0 saturated carbocycles. The number of rotatable bonds is 3.